The molecular formula is C11H18N2. The molecule has 0 spiro atoms. The smallest absolute Gasteiger partial charge is 0.0338 e. The molecule has 2 N–H and O–H groups in total. The highest BCUT2D eigenvalue weighted by Crippen LogP contribution is 2.23. The molecule has 0 amide bonds. The number of hydrogen-bond donors (Lipinski definition) is 1. The Labute approximate surface area is 80.2 Å². The van der Waals surface area contributed by atoms with Crippen LogP contribution in [0.15, 0.2) is 24.5 Å². The van der Waals surface area contributed by atoms with Gasteiger partial charge in [-0.15, -0.1) is 0 Å². The van der Waals surface area contributed by atoms with E-state index in [1.54, 1.807) is 6.20 Å². The summed E-state index contributed by atoms with van der Waals surface area (Å²) in [6, 6.07) is 4.14. The third kappa shape index (κ3) is 2.52. The van der Waals surface area contributed by atoms with Crippen molar-refractivity contribution in [2.24, 2.45) is 11.7 Å². The molecule has 0 saturated heterocycles. The van der Waals surface area contributed by atoms with Gasteiger partial charge < -0.3 is 5.73 Å². The van der Waals surface area contributed by atoms with Crippen LogP contribution >= 0.6 is 0 Å². The highest BCUT2D eigenvalue weighted by Gasteiger charge is 2.15. The van der Waals surface area contributed by atoms with E-state index in [0.717, 1.165) is 18.4 Å². The molecule has 0 aromatic carbocycles. The lowest BCUT2D eigenvalue weighted by Crippen LogP contribution is -2.20. The Hall–Kier alpha value is -0.890. The van der Waals surface area contributed by atoms with Gasteiger partial charge in [-0.1, -0.05) is 32.8 Å². The first-order valence-electron chi connectivity index (χ1n) is 4.95. The third-order valence-electron chi connectivity index (χ3n) is 2.63. The first-order chi connectivity index (χ1) is 6.29. The van der Waals surface area contributed by atoms with Crippen LogP contribution in [0.3, 0.4) is 0 Å². The molecule has 2 heteroatoms. The van der Waals surface area contributed by atoms with Gasteiger partial charge >= 0.3 is 0 Å². The summed E-state index contributed by atoms with van der Waals surface area (Å²) in [5.41, 5.74) is 7.27. The SMILES string of the molecule is CCC(CC)C(N)c1cccnc1. The van der Waals surface area contributed by atoms with Crippen molar-refractivity contribution in [3.8, 4) is 0 Å². The summed E-state index contributed by atoms with van der Waals surface area (Å²) in [5.74, 6) is 0.573. The lowest BCUT2D eigenvalue weighted by molar-refractivity contribution is 0.405. The second-order valence-corrected chi connectivity index (χ2v) is 3.39. The number of rotatable bonds is 4. The summed E-state index contributed by atoms with van der Waals surface area (Å²) >= 11 is 0. The van der Waals surface area contributed by atoms with E-state index in [-0.39, 0.29) is 6.04 Å². The molecular weight excluding hydrogens is 160 g/mol. The number of aromatic nitrogens is 1. The van der Waals surface area contributed by atoms with Gasteiger partial charge in [0.2, 0.25) is 0 Å². The minimum Gasteiger partial charge on any atom is -0.324 e. The predicted octanol–water partition coefficient (Wildman–Crippen LogP) is 2.52. The number of nitrogens with two attached hydrogens (primary N) is 1. The number of nitrogens with zero attached hydrogens (tertiary/aromatic N) is 1. The molecule has 1 rings (SSSR count). The highest BCUT2D eigenvalue weighted by atomic mass is 14.7. The molecule has 0 radical (unpaired) electrons. The van der Waals surface area contributed by atoms with Crippen LogP contribution in [0.5, 0.6) is 0 Å². The molecule has 72 valence electrons. The Kier molecular flexibility index (Phi) is 3.90. The standard InChI is InChI=1S/C11H18N2/c1-3-9(4-2)11(12)10-6-5-7-13-8-10/h5-9,11H,3-4,12H2,1-2H3. The molecule has 0 aliphatic heterocycles. The average Bonchev–Trinajstić information content (AvgIpc) is 2.21. The minimum absolute atomic E-state index is 0.142. The van der Waals surface area contributed by atoms with Crippen LogP contribution in [0.2, 0.25) is 0 Å². The topological polar surface area (TPSA) is 38.9 Å². The van der Waals surface area contributed by atoms with Crippen LogP contribution in [-0.2, 0) is 0 Å². The summed E-state index contributed by atoms with van der Waals surface area (Å²) in [6.45, 7) is 4.37. The van der Waals surface area contributed by atoms with E-state index >= 15 is 0 Å². The van der Waals surface area contributed by atoms with E-state index in [1.165, 1.54) is 0 Å². The van der Waals surface area contributed by atoms with E-state index in [2.05, 4.69) is 24.9 Å². The van der Waals surface area contributed by atoms with Crippen LogP contribution < -0.4 is 5.73 Å². The van der Waals surface area contributed by atoms with Crippen molar-refractivity contribution in [3.05, 3.63) is 30.1 Å². The normalized spacial score (nSPS) is 13.2. The maximum Gasteiger partial charge on any atom is 0.0338 e. The molecule has 1 unspecified atom stereocenters. The fourth-order valence-electron chi connectivity index (χ4n) is 1.64. The summed E-state index contributed by atoms with van der Waals surface area (Å²) in [4.78, 5) is 4.08. The second-order valence-electron chi connectivity index (χ2n) is 3.39. The second kappa shape index (κ2) is 4.97. The van der Waals surface area contributed by atoms with Crippen LogP contribution in [0, 0.1) is 5.92 Å². The molecule has 1 aromatic rings. The number of pyridine rings is 1. The van der Waals surface area contributed by atoms with Gasteiger partial charge in [0.15, 0.2) is 0 Å². The van der Waals surface area contributed by atoms with Gasteiger partial charge in [0.05, 0.1) is 0 Å². The average molecular weight is 178 g/mol. The fourth-order valence-corrected chi connectivity index (χ4v) is 1.64. The molecule has 2 nitrogen and oxygen atoms in total. The Morgan fingerprint density at radius 2 is 2.08 bits per heavy atom. The molecule has 1 aromatic heterocycles. The Bertz CT molecular complexity index is 229. The van der Waals surface area contributed by atoms with Crippen molar-refractivity contribution in [1.29, 1.82) is 0 Å². The van der Waals surface area contributed by atoms with E-state index in [0.29, 0.717) is 5.92 Å². The first-order valence-corrected chi connectivity index (χ1v) is 4.95. The van der Waals surface area contributed by atoms with Gasteiger partial charge in [0, 0.05) is 18.4 Å². The molecule has 1 heterocycles. The molecule has 0 saturated carbocycles. The monoisotopic (exact) mass is 178 g/mol. The van der Waals surface area contributed by atoms with Gasteiger partial charge in [0.25, 0.3) is 0 Å². The minimum atomic E-state index is 0.142. The molecule has 0 aliphatic carbocycles. The van der Waals surface area contributed by atoms with Gasteiger partial charge in [-0.05, 0) is 17.5 Å². The molecule has 0 fully saturated rings. The zero-order chi connectivity index (χ0) is 9.68. The van der Waals surface area contributed by atoms with Crippen LogP contribution in [0.4, 0.5) is 0 Å². The summed E-state index contributed by atoms with van der Waals surface area (Å²) in [5, 5.41) is 0. The quantitative estimate of drug-likeness (QED) is 0.769. The Morgan fingerprint density at radius 1 is 1.38 bits per heavy atom. The Balaban J connectivity index is 2.72. The van der Waals surface area contributed by atoms with Crippen molar-refractivity contribution in [2.45, 2.75) is 32.7 Å². The zero-order valence-electron chi connectivity index (χ0n) is 8.40. The van der Waals surface area contributed by atoms with Crippen molar-refractivity contribution >= 4 is 0 Å². The van der Waals surface area contributed by atoms with Gasteiger partial charge in [0.1, 0.15) is 0 Å². The maximum atomic E-state index is 6.12. The molecule has 0 bridgehead atoms. The van der Waals surface area contributed by atoms with Crippen LogP contribution in [0.1, 0.15) is 38.3 Å². The molecule has 13 heavy (non-hydrogen) atoms. The largest absolute Gasteiger partial charge is 0.324 e. The van der Waals surface area contributed by atoms with Crippen molar-refractivity contribution in [3.63, 3.8) is 0 Å². The lowest BCUT2D eigenvalue weighted by atomic mass is 9.90. The third-order valence-corrected chi connectivity index (χ3v) is 2.63. The predicted molar refractivity (Wildman–Crippen MR) is 55.2 cm³/mol. The lowest BCUT2D eigenvalue weighted by Gasteiger charge is -2.20. The maximum absolute atomic E-state index is 6.12. The van der Waals surface area contributed by atoms with Gasteiger partial charge in [-0.25, -0.2) is 0 Å². The van der Waals surface area contributed by atoms with E-state index in [4.69, 9.17) is 5.73 Å². The molecule has 0 aliphatic rings. The van der Waals surface area contributed by atoms with Crippen molar-refractivity contribution in [2.75, 3.05) is 0 Å². The van der Waals surface area contributed by atoms with E-state index < -0.39 is 0 Å². The number of hydrogen-bond acceptors (Lipinski definition) is 2. The summed E-state index contributed by atoms with van der Waals surface area (Å²) in [6.07, 6.45) is 5.91. The zero-order valence-corrected chi connectivity index (χ0v) is 8.40. The van der Waals surface area contributed by atoms with Gasteiger partial charge in [-0.2, -0.15) is 0 Å². The Morgan fingerprint density at radius 3 is 2.54 bits per heavy atom. The van der Waals surface area contributed by atoms with E-state index in [1.807, 2.05) is 12.3 Å². The highest BCUT2D eigenvalue weighted by molar-refractivity contribution is 5.14. The van der Waals surface area contributed by atoms with Crippen molar-refractivity contribution < 1.29 is 0 Å². The summed E-state index contributed by atoms with van der Waals surface area (Å²) in [7, 11) is 0. The fraction of sp³-hybridized carbons (Fsp3) is 0.545. The van der Waals surface area contributed by atoms with Gasteiger partial charge in [-0.3, -0.25) is 4.98 Å². The van der Waals surface area contributed by atoms with Crippen LogP contribution in [-0.4, -0.2) is 4.98 Å². The summed E-state index contributed by atoms with van der Waals surface area (Å²) < 4.78 is 0. The van der Waals surface area contributed by atoms with E-state index in [9.17, 15) is 0 Å². The first kappa shape index (κ1) is 10.2. The van der Waals surface area contributed by atoms with Crippen molar-refractivity contribution in [1.82, 2.24) is 4.98 Å². The molecule has 1 atom stereocenters. The van der Waals surface area contributed by atoms with Crippen LogP contribution in [0.25, 0.3) is 0 Å².